The topological polar surface area (TPSA) is 158 Å². The molecule has 0 spiro atoms. The summed E-state index contributed by atoms with van der Waals surface area (Å²) in [6.45, 7) is 0.648. The van der Waals surface area contributed by atoms with Crippen LogP contribution in [-0.2, 0) is 64.6 Å². The predicted molar refractivity (Wildman–Crippen MR) is 287 cm³/mol. The Kier molecular flexibility index (Phi) is 29.9. The van der Waals surface area contributed by atoms with Gasteiger partial charge in [0.25, 0.3) is 12.4 Å². The molecule has 6 aromatic rings. The SMILES string of the molecule is O=C(Nc1ccc(Cl)cc1F)C(C1CC(OCc2ccccc2)C1)N(Cc1ccc(F)cc1)C(=O)CCl.O=C1C(C2CC(OCc3ccccc3)C2)N(Cc2ccc(F)cc2)C(=O)CN1c1ccc(Cl)cc1F.O=CO[O-].[2H]CF.[H-].[K+].[K+]. The molecule has 1 saturated heterocycles. The second kappa shape index (κ2) is 35.6. The molecule has 81 heavy (non-hydrogen) atoms. The van der Waals surface area contributed by atoms with E-state index in [4.69, 9.17) is 55.7 Å². The van der Waals surface area contributed by atoms with Crippen LogP contribution >= 0.6 is 34.8 Å². The molecule has 0 aromatic heterocycles. The van der Waals surface area contributed by atoms with Crippen LogP contribution in [0.4, 0.5) is 33.3 Å². The Morgan fingerprint density at radius 3 is 1.74 bits per heavy atom. The fourth-order valence-electron chi connectivity index (χ4n) is 9.27. The maximum absolute atomic E-state index is 14.7. The van der Waals surface area contributed by atoms with Gasteiger partial charge in [-0.1, -0.05) is 108 Å². The molecule has 6 aromatic carbocycles. The van der Waals surface area contributed by atoms with Crippen LogP contribution in [0.3, 0.4) is 0 Å². The summed E-state index contributed by atoms with van der Waals surface area (Å²) in [5.41, 5.74) is 3.42. The second-order valence-corrected chi connectivity index (χ2v) is 19.6. The average Bonchev–Trinajstić information content (AvgIpc) is 3.62. The summed E-state index contributed by atoms with van der Waals surface area (Å²) in [5, 5.41) is 11.4. The largest absolute Gasteiger partial charge is 1.00 e. The van der Waals surface area contributed by atoms with Crippen LogP contribution in [0.25, 0.3) is 0 Å². The van der Waals surface area contributed by atoms with Gasteiger partial charge in [-0.05, 0) is 120 Å². The van der Waals surface area contributed by atoms with Gasteiger partial charge in [0.1, 0.15) is 47.8 Å². The van der Waals surface area contributed by atoms with E-state index >= 15 is 0 Å². The number of carbonyl (C=O) groups is 5. The third-order valence-corrected chi connectivity index (χ3v) is 14.0. The van der Waals surface area contributed by atoms with Gasteiger partial charge in [-0.2, -0.15) is 0 Å². The number of halogens is 8. The van der Waals surface area contributed by atoms with E-state index in [9.17, 15) is 41.1 Å². The minimum absolute atomic E-state index is 0. The van der Waals surface area contributed by atoms with Crippen molar-refractivity contribution >= 4 is 76.3 Å². The Balaban J connectivity index is 0.000000379. The number of benzene rings is 6. The maximum Gasteiger partial charge on any atom is 1.00 e. The number of nitrogens with zero attached hydrogens (tertiary/aromatic N) is 3. The number of hydrogen-bond donors (Lipinski definition) is 1. The molecule has 4 amide bonds. The molecule has 23 heteroatoms. The predicted octanol–water partition coefficient (Wildman–Crippen LogP) is 4.69. The van der Waals surface area contributed by atoms with Crippen LogP contribution in [0.15, 0.2) is 146 Å². The van der Waals surface area contributed by atoms with Gasteiger partial charge < -0.3 is 36.2 Å². The zero-order valence-corrected chi connectivity index (χ0v) is 52.7. The second-order valence-electron chi connectivity index (χ2n) is 18.4. The molecule has 2 saturated carbocycles. The summed E-state index contributed by atoms with van der Waals surface area (Å²) < 4.78 is 83.5. The molecule has 3 aliphatic rings. The van der Waals surface area contributed by atoms with E-state index in [1.807, 2.05) is 60.7 Å². The van der Waals surface area contributed by atoms with Crippen molar-refractivity contribution in [3.63, 3.8) is 0 Å². The summed E-state index contributed by atoms with van der Waals surface area (Å²) in [4.78, 5) is 68.9. The zero-order valence-electron chi connectivity index (χ0n) is 46.2. The third-order valence-electron chi connectivity index (χ3n) is 13.3. The first-order chi connectivity index (χ1) is 38.5. The molecule has 3 fully saturated rings. The van der Waals surface area contributed by atoms with Gasteiger partial charge in [0.05, 0.1) is 45.3 Å². The van der Waals surface area contributed by atoms with Crippen molar-refractivity contribution in [1.29, 1.82) is 0 Å². The molecule has 1 heterocycles. The number of piperazine rings is 1. The Morgan fingerprint density at radius 1 is 0.753 bits per heavy atom. The Hall–Kier alpha value is -3.66. The van der Waals surface area contributed by atoms with Gasteiger partial charge in [0, 0.05) is 23.1 Å². The van der Waals surface area contributed by atoms with E-state index < -0.39 is 48.5 Å². The summed E-state index contributed by atoms with van der Waals surface area (Å²) in [5.74, 6) is -4.52. The van der Waals surface area contributed by atoms with Gasteiger partial charge in [-0.15, -0.1) is 11.6 Å². The number of alkyl halides is 2. The minimum atomic E-state index is -1.00. The molecular weight excluding hydrogens is 1180 g/mol. The maximum atomic E-state index is 14.7. The monoisotopic (exact) mass is 1230 g/mol. The van der Waals surface area contributed by atoms with E-state index in [1.54, 1.807) is 24.3 Å². The molecular formula is C58H56Cl3F5K2N4O9. The normalized spacial score (nSPS) is 18.3. The summed E-state index contributed by atoms with van der Waals surface area (Å²) >= 11 is 17.6. The number of rotatable bonds is 18. The molecule has 0 bridgehead atoms. The van der Waals surface area contributed by atoms with Crippen LogP contribution in [0.1, 0.15) is 50.7 Å². The van der Waals surface area contributed by atoms with Crippen LogP contribution < -0.4 is 118 Å². The molecule has 2 atom stereocenters. The Morgan fingerprint density at radius 2 is 1.25 bits per heavy atom. The van der Waals surface area contributed by atoms with Crippen molar-refractivity contribution in [3.8, 4) is 0 Å². The van der Waals surface area contributed by atoms with Crippen LogP contribution in [-0.4, -0.2) is 83.8 Å². The first-order valence-electron chi connectivity index (χ1n) is 25.3. The van der Waals surface area contributed by atoms with Gasteiger partial charge in [-0.25, -0.2) is 17.6 Å². The van der Waals surface area contributed by atoms with Crippen molar-refractivity contribution in [2.75, 3.05) is 29.8 Å². The number of nitrogens with one attached hydrogen (secondary N) is 1. The fraction of sp³-hybridized carbons (Fsp3) is 0.293. The number of ether oxygens (including phenoxy) is 2. The molecule has 2 aliphatic carbocycles. The van der Waals surface area contributed by atoms with Crippen molar-refractivity contribution in [2.24, 2.45) is 11.8 Å². The van der Waals surface area contributed by atoms with Crippen LogP contribution in [0.2, 0.25) is 10.0 Å². The molecule has 1 N–H and O–H groups in total. The number of carbonyl (C=O) groups excluding carboxylic acids is 5. The van der Waals surface area contributed by atoms with E-state index in [2.05, 4.69) is 10.2 Å². The van der Waals surface area contributed by atoms with Crippen LogP contribution in [0.5, 0.6) is 0 Å². The van der Waals surface area contributed by atoms with E-state index in [0.29, 0.717) is 50.0 Å². The number of anilines is 2. The first kappa shape index (κ1) is 68.1. The van der Waals surface area contributed by atoms with Crippen molar-refractivity contribution in [1.82, 2.24) is 9.80 Å². The van der Waals surface area contributed by atoms with Crippen molar-refractivity contribution in [3.05, 3.63) is 201 Å². The van der Waals surface area contributed by atoms with Crippen LogP contribution in [0, 0.1) is 35.1 Å². The average molecular weight is 1230 g/mol. The third kappa shape index (κ3) is 20.5. The van der Waals surface area contributed by atoms with E-state index in [1.165, 1.54) is 63.2 Å². The van der Waals surface area contributed by atoms with E-state index in [-0.39, 0.29) is 199 Å². The van der Waals surface area contributed by atoms with Crippen molar-refractivity contribution < 1.29 is 171 Å². The van der Waals surface area contributed by atoms with Gasteiger partial charge in [0.15, 0.2) is 0 Å². The molecule has 13 nitrogen and oxygen atoms in total. The number of hydrogen-bond acceptors (Lipinski definition) is 9. The van der Waals surface area contributed by atoms with Gasteiger partial charge >= 0.3 is 103 Å². The van der Waals surface area contributed by atoms with Gasteiger partial charge in [0.2, 0.25) is 17.7 Å². The Labute approximate surface area is 569 Å². The standard InChI is InChI=1S/C28H26Cl2F2N2O3.C28H25ClF2N2O3.CH3F.CH2O3.2K.H/c29-15-26(35)34(16-18-6-9-22(31)10-7-18)27(28(36)33-25-11-8-21(30)14-24(25)32)20-12-23(13-20)37-17-19-4-2-1-3-5-19;29-21-8-11-25(24(31)14-21)32-16-26(34)33(15-18-6-9-22(30)10-7-18)27(28(32)35)20-12-23(13-20)36-17-19-4-2-1-3-5-19;1-2;2-1-4-3;;;/h1-11,14,20,23,27H,12-13,15-17H2,(H,33,36);1-11,14,20,23,27H,12-13,15-17H2;1H3;1,3H;;;/q;;;;2*+1;-1/p-1/i;;1D;;;;. The summed E-state index contributed by atoms with van der Waals surface area (Å²) in [7, 11) is -1.00. The Bertz CT molecular complexity index is 2990. The summed E-state index contributed by atoms with van der Waals surface area (Å²) in [6, 6.07) is 37.3. The van der Waals surface area contributed by atoms with Gasteiger partial charge in [-0.3, -0.25) is 33.3 Å². The van der Waals surface area contributed by atoms with Crippen molar-refractivity contribution in [2.45, 2.75) is 76.3 Å². The zero-order chi connectivity index (χ0) is 57.7. The molecule has 1 aliphatic heterocycles. The number of amides is 4. The quantitative estimate of drug-likeness (QED) is 0.0322. The fourth-order valence-corrected chi connectivity index (χ4v) is 9.75. The summed E-state index contributed by atoms with van der Waals surface area (Å²) in [6.07, 6.45) is 2.15. The molecule has 0 radical (unpaired) electrons. The molecule has 420 valence electrons. The molecule has 2 unspecified atom stereocenters. The first-order valence-corrected chi connectivity index (χ1v) is 25.9. The smallest absolute Gasteiger partial charge is 1.00 e. The molecule has 9 rings (SSSR count). The minimum Gasteiger partial charge on any atom is -1.00 e. The van der Waals surface area contributed by atoms with E-state index in [0.717, 1.165) is 23.3 Å².